The van der Waals surface area contributed by atoms with Crippen LogP contribution in [0.1, 0.15) is 43.7 Å². The zero-order valence-electron chi connectivity index (χ0n) is 14.7. The summed E-state index contributed by atoms with van der Waals surface area (Å²) in [5, 5.41) is 0. The van der Waals surface area contributed by atoms with Crippen LogP contribution in [-0.2, 0) is 26.2 Å². The zero-order chi connectivity index (χ0) is 17.6. The van der Waals surface area contributed by atoms with Crippen molar-refractivity contribution in [2.75, 3.05) is 19.6 Å². The average Bonchev–Trinajstić information content (AvgIpc) is 3.09. The Hall–Kier alpha value is -2.17. The standard InChI is InChI=1S/C20H24N2O3/c1-14-7-10-21(11-8-14)18(24)13-22-17(23)12-20(19(22)25)9-6-15-4-2-3-5-16(15)20/h2-5,14H,6-13H2,1H3. The van der Waals surface area contributed by atoms with Gasteiger partial charge in [-0.05, 0) is 42.7 Å². The van der Waals surface area contributed by atoms with Crippen LogP contribution < -0.4 is 0 Å². The summed E-state index contributed by atoms with van der Waals surface area (Å²) in [5.41, 5.74) is 1.40. The molecule has 4 rings (SSSR count). The fourth-order valence-electron chi connectivity index (χ4n) is 4.55. The summed E-state index contributed by atoms with van der Waals surface area (Å²) in [6.07, 6.45) is 3.67. The van der Waals surface area contributed by atoms with E-state index in [4.69, 9.17) is 0 Å². The van der Waals surface area contributed by atoms with Crippen molar-refractivity contribution in [2.45, 2.75) is 44.4 Å². The SMILES string of the molecule is CC1CCN(C(=O)CN2C(=O)CC3(CCc4ccccc43)C2=O)CC1. The van der Waals surface area contributed by atoms with Crippen molar-refractivity contribution in [3.8, 4) is 0 Å². The molecule has 1 aromatic rings. The number of carbonyl (C=O) groups is 3. The molecule has 132 valence electrons. The first-order valence-corrected chi connectivity index (χ1v) is 9.22. The van der Waals surface area contributed by atoms with Crippen LogP contribution in [0.25, 0.3) is 0 Å². The minimum atomic E-state index is -0.732. The van der Waals surface area contributed by atoms with E-state index in [9.17, 15) is 14.4 Å². The van der Waals surface area contributed by atoms with E-state index in [1.807, 2.05) is 24.3 Å². The first kappa shape index (κ1) is 16.3. The molecule has 0 saturated carbocycles. The maximum Gasteiger partial charge on any atom is 0.242 e. The van der Waals surface area contributed by atoms with Crippen molar-refractivity contribution in [3.63, 3.8) is 0 Å². The fourth-order valence-corrected chi connectivity index (χ4v) is 4.55. The number of imide groups is 1. The molecule has 3 amide bonds. The Morgan fingerprint density at radius 2 is 1.92 bits per heavy atom. The molecule has 3 aliphatic rings. The van der Waals surface area contributed by atoms with Gasteiger partial charge in [0.15, 0.2) is 0 Å². The van der Waals surface area contributed by atoms with Gasteiger partial charge in [-0.2, -0.15) is 0 Å². The Balaban J connectivity index is 1.52. The number of hydrogen-bond acceptors (Lipinski definition) is 3. The van der Waals surface area contributed by atoms with Crippen molar-refractivity contribution in [1.82, 2.24) is 9.80 Å². The lowest BCUT2D eigenvalue weighted by atomic mass is 9.80. The van der Waals surface area contributed by atoms with Crippen molar-refractivity contribution in [3.05, 3.63) is 35.4 Å². The lowest BCUT2D eigenvalue weighted by Gasteiger charge is -2.31. The van der Waals surface area contributed by atoms with Crippen molar-refractivity contribution in [2.24, 2.45) is 5.92 Å². The van der Waals surface area contributed by atoms with E-state index in [0.717, 1.165) is 43.5 Å². The summed E-state index contributed by atoms with van der Waals surface area (Å²) in [7, 11) is 0. The summed E-state index contributed by atoms with van der Waals surface area (Å²) >= 11 is 0. The second-order valence-electron chi connectivity index (χ2n) is 7.76. The number of carbonyl (C=O) groups excluding carboxylic acids is 3. The molecule has 1 aromatic carbocycles. The van der Waals surface area contributed by atoms with E-state index in [2.05, 4.69) is 6.92 Å². The van der Waals surface area contributed by atoms with Gasteiger partial charge < -0.3 is 4.90 Å². The highest BCUT2D eigenvalue weighted by atomic mass is 16.2. The zero-order valence-corrected chi connectivity index (χ0v) is 14.7. The first-order chi connectivity index (χ1) is 12.0. The van der Waals surface area contributed by atoms with E-state index < -0.39 is 5.41 Å². The number of piperidine rings is 1. The Bertz CT molecular complexity index is 736. The van der Waals surface area contributed by atoms with Gasteiger partial charge in [-0.15, -0.1) is 0 Å². The third-order valence-electron chi connectivity index (χ3n) is 6.19. The van der Waals surface area contributed by atoms with Gasteiger partial charge in [0.1, 0.15) is 6.54 Å². The molecular formula is C20H24N2O3. The van der Waals surface area contributed by atoms with Gasteiger partial charge in [0.25, 0.3) is 0 Å². The summed E-state index contributed by atoms with van der Waals surface area (Å²) < 4.78 is 0. The minimum absolute atomic E-state index is 0.100. The number of benzene rings is 1. The molecule has 0 N–H and O–H groups in total. The number of hydrogen-bond donors (Lipinski definition) is 0. The van der Waals surface area contributed by atoms with Gasteiger partial charge in [-0.1, -0.05) is 31.2 Å². The summed E-state index contributed by atoms with van der Waals surface area (Å²) in [6, 6.07) is 7.89. The molecule has 0 bridgehead atoms. The van der Waals surface area contributed by atoms with E-state index in [1.54, 1.807) is 4.90 Å². The molecule has 2 heterocycles. The maximum atomic E-state index is 13.1. The lowest BCUT2D eigenvalue weighted by molar-refractivity contribution is -0.147. The van der Waals surface area contributed by atoms with Gasteiger partial charge in [-0.25, -0.2) is 0 Å². The van der Waals surface area contributed by atoms with Crippen LogP contribution in [-0.4, -0.2) is 47.2 Å². The smallest absolute Gasteiger partial charge is 0.242 e. The van der Waals surface area contributed by atoms with Crippen LogP contribution in [0.5, 0.6) is 0 Å². The molecule has 0 radical (unpaired) electrons. The number of likely N-dealkylation sites (tertiary alicyclic amines) is 2. The van der Waals surface area contributed by atoms with E-state index in [0.29, 0.717) is 12.3 Å². The molecule has 2 saturated heterocycles. The topological polar surface area (TPSA) is 57.7 Å². The van der Waals surface area contributed by atoms with Crippen molar-refractivity contribution in [1.29, 1.82) is 0 Å². The van der Waals surface area contributed by atoms with Crippen LogP contribution in [0.4, 0.5) is 0 Å². The normalized spacial score (nSPS) is 26.6. The number of fused-ring (bicyclic) bond motifs is 2. The molecule has 2 aliphatic heterocycles. The molecular weight excluding hydrogens is 316 g/mol. The van der Waals surface area contributed by atoms with E-state index >= 15 is 0 Å². The lowest BCUT2D eigenvalue weighted by Crippen LogP contribution is -2.46. The number of nitrogens with zero attached hydrogens (tertiary/aromatic N) is 2. The third-order valence-corrected chi connectivity index (χ3v) is 6.19. The van der Waals surface area contributed by atoms with Crippen LogP contribution >= 0.6 is 0 Å². The molecule has 1 atom stereocenters. The van der Waals surface area contributed by atoms with Crippen LogP contribution in [0.2, 0.25) is 0 Å². The number of rotatable bonds is 2. The van der Waals surface area contributed by atoms with Gasteiger partial charge in [0.2, 0.25) is 17.7 Å². The second kappa shape index (κ2) is 5.97. The maximum absolute atomic E-state index is 13.1. The van der Waals surface area contributed by atoms with Crippen LogP contribution in [0.3, 0.4) is 0 Å². The van der Waals surface area contributed by atoms with Crippen LogP contribution in [0, 0.1) is 5.92 Å². The highest BCUT2D eigenvalue weighted by Crippen LogP contribution is 2.46. The van der Waals surface area contributed by atoms with E-state index in [-0.39, 0.29) is 30.7 Å². The third kappa shape index (κ3) is 2.57. The Kier molecular flexibility index (Phi) is 3.89. The predicted molar refractivity (Wildman–Crippen MR) is 92.8 cm³/mol. The quantitative estimate of drug-likeness (QED) is 0.773. The summed E-state index contributed by atoms with van der Waals surface area (Å²) in [5.74, 6) is 0.149. The molecule has 5 heteroatoms. The highest BCUT2D eigenvalue weighted by Gasteiger charge is 2.55. The van der Waals surface area contributed by atoms with Crippen molar-refractivity contribution >= 4 is 17.7 Å². The van der Waals surface area contributed by atoms with Gasteiger partial charge in [0.05, 0.1) is 5.41 Å². The molecule has 2 fully saturated rings. The monoisotopic (exact) mass is 340 g/mol. The van der Waals surface area contributed by atoms with Crippen molar-refractivity contribution < 1.29 is 14.4 Å². The average molecular weight is 340 g/mol. The molecule has 0 aromatic heterocycles. The molecule has 5 nitrogen and oxygen atoms in total. The van der Waals surface area contributed by atoms with Crippen LogP contribution in [0.15, 0.2) is 24.3 Å². The molecule has 1 unspecified atom stereocenters. The van der Waals surface area contributed by atoms with Gasteiger partial charge in [0, 0.05) is 19.5 Å². The molecule has 1 spiro atoms. The van der Waals surface area contributed by atoms with Gasteiger partial charge in [-0.3, -0.25) is 19.3 Å². The predicted octanol–water partition coefficient (Wildman–Crippen LogP) is 1.89. The minimum Gasteiger partial charge on any atom is -0.341 e. The number of aryl methyl sites for hydroxylation is 1. The summed E-state index contributed by atoms with van der Waals surface area (Å²) in [6.45, 7) is 3.54. The molecule has 25 heavy (non-hydrogen) atoms. The Morgan fingerprint density at radius 1 is 1.20 bits per heavy atom. The number of amides is 3. The first-order valence-electron chi connectivity index (χ1n) is 9.22. The molecule has 1 aliphatic carbocycles. The summed E-state index contributed by atoms with van der Waals surface area (Å²) in [4.78, 5) is 41.3. The largest absolute Gasteiger partial charge is 0.341 e. The second-order valence-corrected chi connectivity index (χ2v) is 7.76. The van der Waals surface area contributed by atoms with Gasteiger partial charge >= 0.3 is 0 Å². The Morgan fingerprint density at radius 3 is 2.68 bits per heavy atom. The highest BCUT2D eigenvalue weighted by molar-refractivity contribution is 6.11. The van der Waals surface area contributed by atoms with E-state index in [1.165, 1.54) is 4.90 Å². The Labute approximate surface area is 148 Å². The fraction of sp³-hybridized carbons (Fsp3) is 0.550.